The molecule has 3 aliphatic rings. The van der Waals surface area contributed by atoms with E-state index in [1.54, 1.807) is 24.3 Å². The predicted octanol–water partition coefficient (Wildman–Crippen LogP) is 3.80. The van der Waals surface area contributed by atoms with Crippen LogP contribution in [0.15, 0.2) is 48.5 Å². The number of ether oxygens (including phenoxy) is 2. The Morgan fingerprint density at radius 3 is 2.00 bits per heavy atom. The Morgan fingerprint density at radius 1 is 0.766 bits per heavy atom. The third-order valence-electron chi connectivity index (χ3n) is 8.87. The zero-order valence-corrected chi connectivity index (χ0v) is 27.7. The molecule has 0 radical (unpaired) electrons. The quantitative estimate of drug-likeness (QED) is 0.393. The van der Waals surface area contributed by atoms with E-state index in [-0.39, 0.29) is 24.1 Å². The summed E-state index contributed by atoms with van der Waals surface area (Å²) in [5, 5.41) is 5.74. The van der Waals surface area contributed by atoms with Gasteiger partial charge in [-0.1, -0.05) is 0 Å². The molecule has 3 fully saturated rings. The molecule has 2 unspecified atom stereocenters. The van der Waals surface area contributed by atoms with Gasteiger partial charge in [-0.05, 0) is 76.2 Å². The highest BCUT2D eigenvalue weighted by atomic mass is 16.5. The fourth-order valence-corrected chi connectivity index (χ4v) is 6.14. The van der Waals surface area contributed by atoms with Crippen LogP contribution in [-0.4, -0.2) is 121 Å². The van der Waals surface area contributed by atoms with Gasteiger partial charge in [-0.15, -0.1) is 0 Å². The van der Waals surface area contributed by atoms with Gasteiger partial charge in [-0.25, -0.2) is 4.79 Å². The van der Waals surface area contributed by atoms with Crippen molar-refractivity contribution in [3.63, 3.8) is 0 Å². The molecule has 47 heavy (non-hydrogen) atoms. The van der Waals surface area contributed by atoms with E-state index in [0.29, 0.717) is 93.2 Å². The molecule has 2 atom stereocenters. The third kappa shape index (κ3) is 7.98. The second-order valence-corrected chi connectivity index (χ2v) is 12.7. The Hall–Kier alpha value is -4.33. The molecule has 1 aromatic heterocycles. The van der Waals surface area contributed by atoms with Crippen molar-refractivity contribution in [3.8, 4) is 11.4 Å². The summed E-state index contributed by atoms with van der Waals surface area (Å²) >= 11 is 0. The first-order valence-electron chi connectivity index (χ1n) is 16.5. The SMILES string of the molecule is CC1CN(c2nc(-c3ccc(NC(=O)Nc4ccc(C(=O)N5CCN(C(C)C)CC5C)cc4)cc3)nc(N3CCOCC3)n2)CCO1. The van der Waals surface area contributed by atoms with Gasteiger partial charge in [0.15, 0.2) is 5.82 Å². The lowest BCUT2D eigenvalue weighted by atomic mass is 10.1. The zero-order chi connectivity index (χ0) is 32.9. The molecule has 4 heterocycles. The van der Waals surface area contributed by atoms with Gasteiger partial charge >= 0.3 is 6.03 Å². The van der Waals surface area contributed by atoms with E-state index in [4.69, 9.17) is 24.4 Å². The van der Waals surface area contributed by atoms with Crippen LogP contribution in [-0.2, 0) is 9.47 Å². The lowest BCUT2D eigenvalue weighted by Gasteiger charge is -2.41. The van der Waals surface area contributed by atoms with Crippen LogP contribution in [0.4, 0.5) is 28.1 Å². The normalized spacial score (nSPS) is 20.7. The molecule has 3 saturated heterocycles. The van der Waals surface area contributed by atoms with E-state index in [0.717, 1.165) is 18.7 Å². The second-order valence-electron chi connectivity index (χ2n) is 12.7. The number of nitrogens with one attached hydrogen (secondary N) is 2. The first kappa shape index (κ1) is 32.6. The van der Waals surface area contributed by atoms with Crippen LogP contribution in [0.1, 0.15) is 38.1 Å². The van der Waals surface area contributed by atoms with Gasteiger partial charge in [0.05, 0.1) is 25.9 Å². The molecular formula is C34H45N9O4. The Morgan fingerprint density at radius 2 is 1.38 bits per heavy atom. The monoisotopic (exact) mass is 643 g/mol. The maximum absolute atomic E-state index is 13.2. The number of aromatic nitrogens is 3. The van der Waals surface area contributed by atoms with Crippen LogP contribution in [0, 0.1) is 0 Å². The van der Waals surface area contributed by atoms with Gasteiger partial charge < -0.3 is 34.8 Å². The van der Waals surface area contributed by atoms with Gasteiger partial charge in [-0.2, -0.15) is 15.0 Å². The highest BCUT2D eigenvalue weighted by molar-refractivity contribution is 6.00. The molecule has 6 rings (SSSR count). The number of hydrogen-bond donors (Lipinski definition) is 2. The second kappa shape index (κ2) is 14.6. The van der Waals surface area contributed by atoms with E-state index in [2.05, 4.69) is 46.1 Å². The van der Waals surface area contributed by atoms with Crippen molar-refractivity contribution in [1.82, 2.24) is 24.8 Å². The van der Waals surface area contributed by atoms with Gasteiger partial charge in [0, 0.05) is 80.4 Å². The molecule has 250 valence electrons. The zero-order valence-electron chi connectivity index (χ0n) is 27.7. The number of amides is 3. The average molecular weight is 644 g/mol. The molecule has 3 aliphatic heterocycles. The summed E-state index contributed by atoms with van der Waals surface area (Å²) in [5.74, 6) is 1.84. The van der Waals surface area contributed by atoms with Crippen molar-refractivity contribution >= 4 is 35.2 Å². The van der Waals surface area contributed by atoms with Gasteiger partial charge in [-0.3, -0.25) is 9.69 Å². The Kier molecular flexibility index (Phi) is 10.1. The van der Waals surface area contributed by atoms with Gasteiger partial charge in [0.1, 0.15) is 0 Å². The van der Waals surface area contributed by atoms with Crippen molar-refractivity contribution in [2.24, 2.45) is 0 Å². The summed E-state index contributed by atoms with van der Waals surface area (Å²) in [6, 6.07) is 14.7. The Labute approximate surface area is 276 Å². The van der Waals surface area contributed by atoms with E-state index >= 15 is 0 Å². The molecule has 0 saturated carbocycles. The summed E-state index contributed by atoms with van der Waals surface area (Å²) in [6.07, 6.45) is 0.0903. The summed E-state index contributed by atoms with van der Waals surface area (Å²) in [6.45, 7) is 15.7. The number of benzene rings is 2. The number of anilines is 4. The largest absolute Gasteiger partial charge is 0.378 e. The van der Waals surface area contributed by atoms with Crippen LogP contribution >= 0.6 is 0 Å². The molecule has 3 aromatic rings. The maximum Gasteiger partial charge on any atom is 0.323 e. The fourth-order valence-electron chi connectivity index (χ4n) is 6.14. The topological polar surface area (TPSA) is 128 Å². The number of carbonyl (C=O) groups excluding carboxylic acids is 2. The van der Waals surface area contributed by atoms with E-state index in [9.17, 15) is 9.59 Å². The fraction of sp³-hybridized carbons (Fsp3) is 0.500. The summed E-state index contributed by atoms with van der Waals surface area (Å²) in [5.41, 5.74) is 2.64. The van der Waals surface area contributed by atoms with E-state index < -0.39 is 0 Å². The summed E-state index contributed by atoms with van der Waals surface area (Å²) in [4.78, 5) is 49.1. The maximum atomic E-state index is 13.2. The molecule has 3 amide bonds. The smallest absolute Gasteiger partial charge is 0.323 e. The molecule has 0 bridgehead atoms. The summed E-state index contributed by atoms with van der Waals surface area (Å²) < 4.78 is 11.3. The average Bonchev–Trinajstić information content (AvgIpc) is 3.08. The number of hydrogen-bond acceptors (Lipinski definition) is 10. The molecule has 13 heteroatoms. The number of urea groups is 1. The highest BCUT2D eigenvalue weighted by Gasteiger charge is 2.29. The van der Waals surface area contributed by atoms with Gasteiger partial charge in [0.25, 0.3) is 5.91 Å². The van der Waals surface area contributed by atoms with E-state index in [1.807, 2.05) is 36.1 Å². The van der Waals surface area contributed by atoms with Crippen molar-refractivity contribution in [3.05, 3.63) is 54.1 Å². The Bertz CT molecular complexity index is 1530. The lowest BCUT2D eigenvalue weighted by molar-refractivity contribution is 0.0426. The van der Waals surface area contributed by atoms with Crippen LogP contribution in [0.25, 0.3) is 11.4 Å². The minimum Gasteiger partial charge on any atom is -0.378 e. The highest BCUT2D eigenvalue weighted by Crippen LogP contribution is 2.25. The number of carbonyl (C=O) groups is 2. The number of morpholine rings is 2. The molecule has 0 spiro atoms. The third-order valence-corrected chi connectivity index (χ3v) is 8.87. The predicted molar refractivity (Wildman–Crippen MR) is 182 cm³/mol. The van der Waals surface area contributed by atoms with Crippen LogP contribution in [0.5, 0.6) is 0 Å². The number of piperazine rings is 1. The lowest BCUT2D eigenvalue weighted by Crippen LogP contribution is -2.55. The first-order chi connectivity index (χ1) is 22.7. The minimum absolute atomic E-state index is 0.0128. The van der Waals surface area contributed by atoms with Crippen molar-refractivity contribution in [2.75, 3.05) is 86.1 Å². The summed E-state index contributed by atoms with van der Waals surface area (Å²) in [7, 11) is 0. The van der Waals surface area contributed by atoms with Crippen LogP contribution in [0.3, 0.4) is 0 Å². The number of nitrogens with zero attached hydrogens (tertiary/aromatic N) is 7. The molecule has 2 N–H and O–H groups in total. The minimum atomic E-state index is -0.381. The van der Waals surface area contributed by atoms with Crippen molar-refractivity contribution < 1.29 is 19.1 Å². The first-order valence-corrected chi connectivity index (χ1v) is 16.5. The molecular weight excluding hydrogens is 598 g/mol. The van der Waals surface area contributed by atoms with E-state index in [1.165, 1.54) is 0 Å². The number of rotatable bonds is 7. The van der Waals surface area contributed by atoms with Crippen LogP contribution < -0.4 is 20.4 Å². The molecule has 2 aromatic carbocycles. The standard InChI is InChI=1S/C34H45N9O4/c1-23(2)41-13-14-43(24(3)21-41)31(44)27-7-11-29(12-8-27)36-34(45)35-28-9-5-26(6-10-28)30-37-32(40-15-18-46-19-16-40)39-33(38-30)42-17-20-47-25(4)22-42/h5-12,23-25H,13-22H2,1-4H3,(H2,35,36,45). The molecule has 0 aliphatic carbocycles. The van der Waals surface area contributed by atoms with Crippen molar-refractivity contribution in [2.45, 2.75) is 45.9 Å². The van der Waals surface area contributed by atoms with Crippen LogP contribution in [0.2, 0.25) is 0 Å². The van der Waals surface area contributed by atoms with Gasteiger partial charge in [0.2, 0.25) is 11.9 Å². The molecule has 13 nitrogen and oxygen atoms in total. The van der Waals surface area contributed by atoms with Crippen molar-refractivity contribution in [1.29, 1.82) is 0 Å². The Balaban J connectivity index is 1.09.